The van der Waals surface area contributed by atoms with E-state index >= 15 is 0 Å². The summed E-state index contributed by atoms with van der Waals surface area (Å²) in [7, 11) is 0. The molecular weight excluding hydrogens is 302 g/mol. The zero-order valence-electron chi connectivity index (χ0n) is 11.6. The molecule has 0 spiro atoms. The number of hydrogen-bond donors (Lipinski definition) is 1. The van der Waals surface area contributed by atoms with Gasteiger partial charge >= 0.3 is 0 Å². The lowest BCUT2D eigenvalue weighted by molar-refractivity contribution is 0.484. The molecule has 4 heteroatoms. The highest BCUT2D eigenvalue weighted by molar-refractivity contribution is 9.10. The molecule has 1 aromatic heterocycles. The van der Waals surface area contributed by atoms with Crippen LogP contribution in [0, 0.1) is 6.92 Å². The minimum absolute atomic E-state index is 0.0552. The van der Waals surface area contributed by atoms with Gasteiger partial charge in [-0.1, -0.05) is 24.3 Å². The molecular formula is C15H20BrN3. The topological polar surface area (TPSA) is 43.8 Å². The van der Waals surface area contributed by atoms with Crippen LogP contribution in [0.2, 0.25) is 0 Å². The Hall–Kier alpha value is -1.13. The molecule has 0 saturated heterocycles. The Labute approximate surface area is 122 Å². The molecule has 0 fully saturated rings. The highest BCUT2D eigenvalue weighted by Crippen LogP contribution is 2.27. The van der Waals surface area contributed by atoms with Gasteiger partial charge in [0.15, 0.2) is 0 Å². The molecule has 2 N–H and O–H groups in total. The second-order valence-electron chi connectivity index (χ2n) is 5.15. The third-order valence-electron chi connectivity index (χ3n) is 3.33. The van der Waals surface area contributed by atoms with Crippen LogP contribution in [0.1, 0.15) is 42.8 Å². The second kappa shape index (κ2) is 5.88. The minimum atomic E-state index is -0.0552. The summed E-state index contributed by atoms with van der Waals surface area (Å²) in [5.74, 6) is 0. The Kier molecular flexibility index (Phi) is 4.42. The van der Waals surface area contributed by atoms with Crippen LogP contribution >= 0.6 is 15.9 Å². The lowest BCUT2D eigenvalue weighted by Crippen LogP contribution is -2.20. The van der Waals surface area contributed by atoms with Gasteiger partial charge in [0.2, 0.25) is 0 Å². The standard InChI is InChI=1S/C15H20BrN3/c1-10(2)19-15(13(16)9-18-19)14(17)8-12-7-5-4-6-11(12)3/h4-7,9-10,14H,8,17H2,1-3H3. The summed E-state index contributed by atoms with van der Waals surface area (Å²) >= 11 is 3.55. The summed E-state index contributed by atoms with van der Waals surface area (Å²) in [6.07, 6.45) is 2.65. The number of halogens is 1. The van der Waals surface area contributed by atoms with Crippen molar-refractivity contribution in [3.63, 3.8) is 0 Å². The van der Waals surface area contributed by atoms with Crippen LogP contribution in [0.3, 0.4) is 0 Å². The van der Waals surface area contributed by atoms with Crippen LogP contribution in [-0.2, 0) is 6.42 Å². The Bertz CT molecular complexity index is 560. The van der Waals surface area contributed by atoms with Crippen molar-refractivity contribution in [2.24, 2.45) is 5.73 Å². The Morgan fingerprint density at radius 1 is 1.32 bits per heavy atom. The fraction of sp³-hybridized carbons (Fsp3) is 0.400. The summed E-state index contributed by atoms with van der Waals surface area (Å²) in [5.41, 5.74) is 10.0. The number of aryl methyl sites for hydroxylation is 1. The zero-order chi connectivity index (χ0) is 14.0. The summed E-state index contributed by atoms with van der Waals surface area (Å²) in [4.78, 5) is 0. The van der Waals surface area contributed by atoms with Gasteiger partial charge in [-0.3, -0.25) is 4.68 Å². The van der Waals surface area contributed by atoms with E-state index in [1.165, 1.54) is 11.1 Å². The van der Waals surface area contributed by atoms with Crippen LogP contribution in [0.25, 0.3) is 0 Å². The third-order valence-corrected chi connectivity index (χ3v) is 3.94. The van der Waals surface area contributed by atoms with Gasteiger partial charge in [-0.05, 0) is 54.2 Å². The maximum atomic E-state index is 6.39. The molecule has 0 aliphatic carbocycles. The summed E-state index contributed by atoms with van der Waals surface area (Å²) in [6.45, 7) is 6.35. The first kappa shape index (κ1) is 14.3. The van der Waals surface area contributed by atoms with E-state index in [4.69, 9.17) is 5.73 Å². The van der Waals surface area contributed by atoms with Gasteiger partial charge in [-0.2, -0.15) is 5.10 Å². The molecule has 1 aromatic carbocycles. The minimum Gasteiger partial charge on any atom is -0.322 e. The second-order valence-corrected chi connectivity index (χ2v) is 6.01. The SMILES string of the molecule is Cc1ccccc1CC(N)c1c(Br)cnn1C(C)C. The molecule has 3 nitrogen and oxygen atoms in total. The average Bonchev–Trinajstić information content (AvgIpc) is 2.74. The number of benzene rings is 1. The number of aromatic nitrogens is 2. The van der Waals surface area contributed by atoms with Crippen LogP contribution < -0.4 is 5.73 Å². The highest BCUT2D eigenvalue weighted by Gasteiger charge is 2.19. The van der Waals surface area contributed by atoms with Gasteiger partial charge in [0, 0.05) is 6.04 Å². The quantitative estimate of drug-likeness (QED) is 0.931. The fourth-order valence-corrected chi connectivity index (χ4v) is 2.85. The number of nitrogens with two attached hydrogens (primary N) is 1. The van der Waals surface area contributed by atoms with Gasteiger partial charge in [0.05, 0.1) is 22.4 Å². The lowest BCUT2D eigenvalue weighted by Gasteiger charge is -2.18. The van der Waals surface area contributed by atoms with Crippen molar-refractivity contribution in [2.45, 2.75) is 39.3 Å². The van der Waals surface area contributed by atoms with Crippen LogP contribution in [0.5, 0.6) is 0 Å². The molecule has 1 atom stereocenters. The van der Waals surface area contributed by atoms with E-state index in [-0.39, 0.29) is 6.04 Å². The number of hydrogen-bond acceptors (Lipinski definition) is 2. The van der Waals surface area contributed by atoms with Gasteiger partial charge in [0.25, 0.3) is 0 Å². The molecule has 0 radical (unpaired) electrons. The molecule has 0 bridgehead atoms. The van der Waals surface area contributed by atoms with Crippen LogP contribution in [0.4, 0.5) is 0 Å². The van der Waals surface area contributed by atoms with Crippen LogP contribution in [0.15, 0.2) is 34.9 Å². The van der Waals surface area contributed by atoms with Crippen molar-refractivity contribution in [1.82, 2.24) is 9.78 Å². The Balaban J connectivity index is 2.28. The first-order valence-corrected chi connectivity index (χ1v) is 7.33. The summed E-state index contributed by atoms with van der Waals surface area (Å²) in [5, 5.41) is 4.39. The summed E-state index contributed by atoms with van der Waals surface area (Å²) < 4.78 is 2.98. The average molecular weight is 322 g/mol. The first-order chi connectivity index (χ1) is 9.00. The van der Waals surface area contributed by atoms with Crippen molar-refractivity contribution in [3.8, 4) is 0 Å². The fourth-order valence-electron chi connectivity index (χ4n) is 2.28. The molecule has 0 saturated carbocycles. The Morgan fingerprint density at radius 3 is 2.63 bits per heavy atom. The van der Waals surface area contributed by atoms with E-state index in [2.05, 4.69) is 66.1 Å². The maximum Gasteiger partial charge on any atom is 0.0699 e. The molecule has 0 amide bonds. The van der Waals surface area contributed by atoms with E-state index in [0.29, 0.717) is 6.04 Å². The summed E-state index contributed by atoms with van der Waals surface area (Å²) in [6, 6.07) is 8.63. The normalized spacial score (nSPS) is 12.9. The van der Waals surface area contributed by atoms with E-state index in [9.17, 15) is 0 Å². The Morgan fingerprint density at radius 2 is 2.00 bits per heavy atom. The van der Waals surface area contributed by atoms with E-state index < -0.39 is 0 Å². The molecule has 19 heavy (non-hydrogen) atoms. The molecule has 1 unspecified atom stereocenters. The highest BCUT2D eigenvalue weighted by atomic mass is 79.9. The first-order valence-electron chi connectivity index (χ1n) is 6.53. The predicted octanol–water partition coefficient (Wildman–Crippen LogP) is 3.78. The van der Waals surface area contributed by atoms with Gasteiger partial charge < -0.3 is 5.73 Å². The monoisotopic (exact) mass is 321 g/mol. The van der Waals surface area contributed by atoms with Crippen molar-refractivity contribution in [2.75, 3.05) is 0 Å². The van der Waals surface area contributed by atoms with Gasteiger partial charge in [-0.15, -0.1) is 0 Å². The van der Waals surface area contributed by atoms with E-state index in [1.807, 2.05) is 10.9 Å². The molecule has 102 valence electrons. The van der Waals surface area contributed by atoms with Crippen LogP contribution in [-0.4, -0.2) is 9.78 Å². The van der Waals surface area contributed by atoms with E-state index in [0.717, 1.165) is 16.6 Å². The zero-order valence-corrected chi connectivity index (χ0v) is 13.2. The molecule has 1 heterocycles. The van der Waals surface area contributed by atoms with Gasteiger partial charge in [-0.25, -0.2) is 0 Å². The largest absolute Gasteiger partial charge is 0.322 e. The molecule has 0 aliphatic rings. The third kappa shape index (κ3) is 3.07. The lowest BCUT2D eigenvalue weighted by atomic mass is 10.00. The van der Waals surface area contributed by atoms with Gasteiger partial charge in [0.1, 0.15) is 0 Å². The van der Waals surface area contributed by atoms with Crippen molar-refractivity contribution >= 4 is 15.9 Å². The molecule has 0 aliphatic heterocycles. The van der Waals surface area contributed by atoms with Crippen molar-refractivity contribution in [3.05, 3.63) is 51.8 Å². The smallest absolute Gasteiger partial charge is 0.0699 e. The molecule has 2 aromatic rings. The number of rotatable bonds is 4. The maximum absolute atomic E-state index is 6.39. The number of nitrogens with zero attached hydrogens (tertiary/aromatic N) is 2. The predicted molar refractivity (Wildman–Crippen MR) is 82.1 cm³/mol. The molecule has 2 rings (SSSR count). The van der Waals surface area contributed by atoms with Crippen molar-refractivity contribution < 1.29 is 0 Å². The van der Waals surface area contributed by atoms with Crippen molar-refractivity contribution in [1.29, 1.82) is 0 Å². The van der Waals surface area contributed by atoms with E-state index in [1.54, 1.807) is 0 Å².